The number of rotatable bonds is 50. The van der Waals surface area contributed by atoms with Gasteiger partial charge in [0.2, 0.25) is 5.91 Å². The van der Waals surface area contributed by atoms with Crippen LogP contribution in [0.2, 0.25) is 0 Å². The Bertz CT molecular complexity index is 1010. The molecule has 2 atom stereocenters. The second-order valence-electron chi connectivity index (χ2n) is 18.6. The predicted octanol–water partition coefficient (Wildman–Crippen LogP) is 16.5. The predicted molar refractivity (Wildman–Crippen MR) is 269 cm³/mol. The van der Waals surface area contributed by atoms with Crippen molar-refractivity contribution in [3.05, 3.63) is 36.5 Å². The molecule has 0 aliphatic heterocycles. The van der Waals surface area contributed by atoms with Crippen molar-refractivity contribution in [2.75, 3.05) is 13.2 Å². The molecular formula is C56H105NO5. The van der Waals surface area contributed by atoms with E-state index in [0.29, 0.717) is 25.9 Å². The van der Waals surface area contributed by atoms with Crippen LogP contribution >= 0.6 is 0 Å². The van der Waals surface area contributed by atoms with E-state index in [4.69, 9.17) is 4.74 Å². The molecule has 6 nitrogen and oxygen atoms in total. The number of allylic oxidation sites excluding steroid dienone is 6. The molecule has 0 bridgehead atoms. The zero-order chi connectivity index (χ0) is 45.1. The highest BCUT2D eigenvalue weighted by Crippen LogP contribution is 2.16. The van der Waals surface area contributed by atoms with Crippen LogP contribution in [0.3, 0.4) is 0 Å². The monoisotopic (exact) mass is 872 g/mol. The average Bonchev–Trinajstić information content (AvgIpc) is 3.27. The highest BCUT2D eigenvalue weighted by molar-refractivity contribution is 5.76. The first-order chi connectivity index (χ1) is 30.5. The molecule has 0 aromatic heterocycles. The summed E-state index contributed by atoms with van der Waals surface area (Å²) in [5.41, 5.74) is 0. The van der Waals surface area contributed by atoms with Gasteiger partial charge in [0.05, 0.1) is 25.4 Å². The molecule has 0 rings (SSSR count). The molecule has 0 fully saturated rings. The number of carbonyl (C=O) groups excluding carboxylic acids is 2. The topological polar surface area (TPSA) is 95.9 Å². The summed E-state index contributed by atoms with van der Waals surface area (Å²) in [4.78, 5) is 24.5. The summed E-state index contributed by atoms with van der Waals surface area (Å²) in [6, 6.07) is -0.553. The van der Waals surface area contributed by atoms with Gasteiger partial charge in [0.15, 0.2) is 0 Å². The van der Waals surface area contributed by atoms with Crippen LogP contribution in [-0.4, -0.2) is 47.4 Å². The van der Waals surface area contributed by atoms with E-state index in [1.807, 2.05) is 0 Å². The maximum absolute atomic E-state index is 12.5. The van der Waals surface area contributed by atoms with Gasteiger partial charge in [-0.1, -0.05) is 224 Å². The van der Waals surface area contributed by atoms with Gasteiger partial charge in [0.25, 0.3) is 0 Å². The van der Waals surface area contributed by atoms with Gasteiger partial charge in [-0.3, -0.25) is 9.59 Å². The van der Waals surface area contributed by atoms with E-state index in [0.717, 1.165) is 83.5 Å². The summed E-state index contributed by atoms with van der Waals surface area (Å²) in [7, 11) is 0. The lowest BCUT2D eigenvalue weighted by Crippen LogP contribution is -2.45. The van der Waals surface area contributed by atoms with E-state index < -0.39 is 12.1 Å². The standard InChI is InChI=1S/C56H105NO5/c1-3-5-7-9-11-13-15-17-20-24-28-32-36-40-44-48-54(59)53(52-58)57-55(60)49-45-41-37-33-29-25-22-19-23-27-31-35-39-43-47-51-62-56(61)50-46-42-38-34-30-26-21-18-16-14-12-10-8-6-4-2/h12,14,18,21,23,27,53-54,58-59H,3-11,13,15-17,19-20,22,24-26,28-52H2,1-2H3,(H,57,60)/b14-12-,21-18-,27-23-. The Morgan fingerprint density at radius 2 is 0.806 bits per heavy atom. The van der Waals surface area contributed by atoms with Crippen molar-refractivity contribution in [3.8, 4) is 0 Å². The Kier molecular flexibility index (Phi) is 50.1. The van der Waals surface area contributed by atoms with Gasteiger partial charge in [-0.2, -0.15) is 0 Å². The van der Waals surface area contributed by atoms with Crippen molar-refractivity contribution in [1.82, 2.24) is 5.32 Å². The van der Waals surface area contributed by atoms with E-state index >= 15 is 0 Å². The van der Waals surface area contributed by atoms with Crippen LogP contribution in [0.15, 0.2) is 36.5 Å². The number of aliphatic hydroxyl groups excluding tert-OH is 2. The van der Waals surface area contributed by atoms with Crippen LogP contribution in [0.1, 0.15) is 284 Å². The fourth-order valence-electron chi connectivity index (χ4n) is 8.19. The van der Waals surface area contributed by atoms with Crippen LogP contribution in [0.4, 0.5) is 0 Å². The van der Waals surface area contributed by atoms with Gasteiger partial charge in [-0.25, -0.2) is 0 Å². The minimum Gasteiger partial charge on any atom is -0.466 e. The van der Waals surface area contributed by atoms with Crippen molar-refractivity contribution in [1.29, 1.82) is 0 Å². The highest BCUT2D eigenvalue weighted by Gasteiger charge is 2.20. The fourth-order valence-corrected chi connectivity index (χ4v) is 8.19. The maximum atomic E-state index is 12.5. The van der Waals surface area contributed by atoms with Gasteiger partial charge in [-0.05, 0) is 83.5 Å². The first kappa shape index (κ1) is 60.1. The van der Waals surface area contributed by atoms with Crippen LogP contribution in [0, 0.1) is 0 Å². The van der Waals surface area contributed by atoms with Crippen molar-refractivity contribution in [3.63, 3.8) is 0 Å². The molecule has 0 heterocycles. The third kappa shape index (κ3) is 47.6. The Hall–Kier alpha value is -1.92. The summed E-state index contributed by atoms with van der Waals surface area (Å²) in [6.07, 6.45) is 62.6. The normalized spacial score (nSPS) is 12.9. The third-order valence-electron chi connectivity index (χ3n) is 12.4. The summed E-state index contributed by atoms with van der Waals surface area (Å²) >= 11 is 0. The van der Waals surface area contributed by atoms with Gasteiger partial charge in [0, 0.05) is 12.8 Å². The molecule has 3 N–H and O–H groups in total. The number of nitrogens with one attached hydrogen (secondary N) is 1. The molecule has 0 aromatic rings. The number of unbranched alkanes of at least 4 members (excludes halogenated alkanes) is 33. The smallest absolute Gasteiger partial charge is 0.305 e. The molecule has 0 spiro atoms. The quantitative estimate of drug-likeness (QED) is 0.0321. The summed E-state index contributed by atoms with van der Waals surface area (Å²) in [5.74, 6) is -0.0749. The molecule has 0 aliphatic carbocycles. The van der Waals surface area contributed by atoms with Crippen molar-refractivity contribution < 1.29 is 24.5 Å². The number of aliphatic hydroxyl groups is 2. The molecule has 2 unspecified atom stereocenters. The lowest BCUT2D eigenvalue weighted by atomic mass is 10.0. The van der Waals surface area contributed by atoms with E-state index in [1.165, 1.54) is 167 Å². The van der Waals surface area contributed by atoms with Gasteiger partial charge >= 0.3 is 5.97 Å². The van der Waals surface area contributed by atoms with Crippen LogP contribution in [0.5, 0.6) is 0 Å². The number of hydrogen-bond donors (Lipinski definition) is 3. The number of carbonyl (C=O) groups is 2. The molecule has 364 valence electrons. The molecule has 0 saturated heterocycles. The van der Waals surface area contributed by atoms with Crippen molar-refractivity contribution in [2.45, 2.75) is 296 Å². The van der Waals surface area contributed by atoms with Crippen molar-refractivity contribution in [2.24, 2.45) is 0 Å². The Morgan fingerprint density at radius 3 is 1.27 bits per heavy atom. The molecule has 0 aromatic carbocycles. The van der Waals surface area contributed by atoms with E-state index in [2.05, 4.69) is 55.6 Å². The first-order valence-corrected chi connectivity index (χ1v) is 27.2. The fraction of sp³-hybridized carbons (Fsp3) is 0.857. The Labute approximate surface area is 385 Å². The summed E-state index contributed by atoms with van der Waals surface area (Å²) in [5, 5.41) is 23.2. The lowest BCUT2D eigenvalue weighted by Gasteiger charge is -2.22. The van der Waals surface area contributed by atoms with Crippen LogP contribution in [-0.2, 0) is 14.3 Å². The molecule has 0 radical (unpaired) electrons. The molecule has 62 heavy (non-hydrogen) atoms. The molecule has 0 aliphatic rings. The number of esters is 1. The lowest BCUT2D eigenvalue weighted by molar-refractivity contribution is -0.143. The molecule has 0 saturated carbocycles. The Morgan fingerprint density at radius 1 is 0.452 bits per heavy atom. The van der Waals surface area contributed by atoms with E-state index in [1.54, 1.807) is 0 Å². The van der Waals surface area contributed by atoms with Gasteiger partial charge in [-0.15, -0.1) is 0 Å². The second kappa shape index (κ2) is 51.7. The summed E-state index contributed by atoms with van der Waals surface area (Å²) < 4.78 is 5.45. The number of ether oxygens (including phenoxy) is 1. The highest BCUT2D eigenvalue weighted by atomic mass is 16.5. The minimum absolute atomic E-state index is 0.0243. The SMILES string of the molecule is CCCCC/C=C\C/C=C\CCCCCCCC(=O)OCCCCCC/C=C\CCCCCCCCCC(=O)NC(CO)C(O)CCCCCCCCCCCCCCCCC. The van der Waals surface area contributed by atoms with Crippen molar-refractivity contribution >= 4 is 11.9 Å². The van der Waals surface area contributed by atoms with Crippen LogP contribution in [0.25, 0.3) is 0 Å². The summed E-state index contributed by atoms with van der Waals surface area (Å²) in [6.45, 7) is 4.88. The number of hydrogen-bond acceptors (Lipinski definition) is 5. The van der Waals surface area contributed by atoms with Gasteiger partial charge < -0.3 is 20.3 Å². The zero-order valence-corrected chi connectivity index (χ0v) is 41.4. The Balaban J connectivity index is 3.49. The van der Waals surface area contributed by atoms with Gasteiger partial charge in [0.1, 0.15) is 0 Å². The average molecular weight is 872 g/mol. The molecule has 1 amide bonds. The van der Waals surface area contributed by atoms with E-state index in [-0.39, 0.29) is 18.5 Å². The zero-order valence-electron chi connectivity index (χ0n) is 41.4. The largest absolute Gasteiger partial charge is 0.466 e. The number of amides is 1. The van der Waals surface area contributed by atoms with Crippen LogP contribution < -0.4 is 5.32 Å². The second-order valence-corrected chi connectivity index (χ2v) is 18.6. The maximum Gasteiger partial charge on any atom is 0.305 e. The minimum atomic E-state index is -0.675. The molecular weight excluding hydrogens is 767 g/mol. The molecule has 6 heteroatoms. The third-order valence-corrected chi connectivity index (χ3v) is 12.4. The first-order valence-electron chi connectivity index (χ1n) is 27.2. The van der Waals surface area contributed by atoms with E-state index in [9.17, 15) is 19.8 Å².